The van der Waals surface area contributed by atoms with Crippen LogP contribution in [0.4, 0.5) is 0 Å². The Morgan fingerprint density at radius 1 is 1.79 bits per heavy atom. The van der Waals surface area contributed by atoms with E-state index >= 15 is 0 Å². The molecule has 1 atom stereocenters. The van der Waals surface area contributed by atoms with Crippen molar-refractivity contribution in [3.8, 4) is 0 Å². The molecule has 1 rings (SSSR count). The predicted octanol–water partition coefficient (Wildman–Crippen LogP) is 0.156. The molecular weight excluding hydrogens is 200 g/mol. The van der Waals surface area contributed by atoms with Crippen molar-refractivity contribution in [2.75, 3.05) is 7.05 Å². The van der Waals surface area contributed by atoms with Crippen LogP contribution in [0.3, 0.4) is 0 Å². The summed E-state index contributed by atoms with van der Waals surface area (Å²) in [6.07, 6.45) is 3.00. The molecule has 1 aromatic heterocycles. The van der Waals surface area contributed by atoms with E-state index < -0.39 is 0 Å². The predicted molar refractivity (Wildman–Crippen MR) is 56.9 cm³/mol. The summed E-state index contributed by atoms with van der Waals surface area (Å²) in [6, 6.07) is -0.257. The summed E-state index contributed by atoms with van der Waals surface area (Å²) in [5, 5.41) is 6.27. The number of likely N-dealkylation sites (N-methyl/N-ethyl adjacent to an activating group) is 1. The third kappa shape index (κ3) is 2.08. The van der Waals surface area contributed by atoms with Crippen molar-refractivity contribution in [3.05, 3.63) is 18.0 Å². The van der Waals surface area contributed by atoms with Gasteiger partial charge in [-0.1, -0.05) is 12.2 Å². The average Bonchev–Trinajstić information content (AvgIpc) is 2.67. The molecule has 3 N–H and O–H groups in total. The van der Waals surface area contributed by atoms with Crippen LogP contribution in [-0.4, -0.2) is 39.1 Å². The second-order valence-corrected chi connectivity index (χ2v) is 3.45. The van der Waals surface area contributed by atoms with Crippen LogP contribution in [0.25, 0.3) is 0 Å². The van der Waals surface area contributed by atoms with Crippen molar-refractivity contribution in [1.29, 1.82) is 0 Å². The normalized spacial score (nSPS) is 12.1. The Bertz CT molecular complexity index is 335. The Morgan fingerprint density at radius 2 is 2.43 bits per heavy atom. The molecule has 6 heteroatoms. The molecule has 1 amide bonds. The molecule has 0 fully saturated rings. The van der Waals surface area contributed by atoms with Crippen LogP contribution in [0.2, 0.25) is 0 Å². The highest BCUT2D eigenvalue weighted by Crippen LogP contribution is 2.04. The van der Waals surface area contributed by atoms with Crippen LogP contribution in [0.15, 0.2) is 12.4 Å². The van der Waals surface area contributed by atoms with Crippen molar-refractivity contribution >= 4 is 23.1 Å². The molecule has 1 heterocycles. The van der Waals surface area contributed by atoms with Crippen molar-refractivity contribution in [2.24, 2.45) is 5.73 Å². The van der Waals surface area contributed by atoms with Crippen molar-refractivity contribution < 1.29 is 4.79 Å². The van der Waals surface area contributed by atoms with Crippen molar-refractivity contribution in [3.63, 3.8) is 0 Å². The Labute approximate surface area is 87.3 Å². The standard InChI is InChI=1S/C8H12N4OS/c1-5(7(9)14)12(2)8(13)6-3-10-11-4-6/h3-5H,1-2H3,(H2,9,14)(H,10,11). The van der Waals surface area contributed by atoms with Crippen LogP contribution in [0.5, 0.6) is 0 Å². The molecule has 0 saturated heterocycles. The molecule has 0 aliphatic rings. The lowest BCUT2D eigenvalue weighted by atomic mass is 10.2. The molecule has 5 nitrogen and oxygen atoms in total. The maximum absolute atomic E-state index is 11.7. The largest absolute Gasteiger partial charge is 0.392 e. The van der Waals surface area contributed by atoms with Gasteiger partial charge in [-0.2, -0.15) is 5.10 Å². The van der Waals surface area contributed by atoms with Gasteiger partial charge in [-0.05, 0) is 6.92 Å². The fraction of sp³-hybridized carbons (Fsp3) is 0.375. The van der Waals surface area contributed by atoms with Crippen LogP contribution >= 0.6 is 12.2 Å². The SMILES string of the molecule is CC(C(N)=S)N(C)C(=O)c1cn[nH]c1. The molecule has 1 aromatic rings. The summed E-state index contributed by atoms with van der Waals surface area (Å²) in [6.45, 7) is 1.78. The number of rotatable bonds is 3. The molecular formula is C8H12N4OS. The van der Waals surface area contributed by atoms with E-state index in [2.05, 4.69) is 10.2 Å². The average molecular weight is 212 g/mol. The second kappa shape index (κ2) is 4.19. The van der Waals surface area contributed by atoms with Crippen LogP contribution in [0.1, 0.15) is 17.3 Å². The van der Waals surface area contributed by atoms with Gasteiger partial charge in [0.25, 0.3) is 5.91 Å². The fourth-order valence-electron chi connectivity index (χ4n) is 0.938. The summed E-state index contributed by atoms with van der Waals surface area (Å²) in [5.74, 6) is -0.154. The van der Waals surface area contributed by atoms with Gasteiger partial charge < -0.3 is 10.6 Å². The van der Waals surface area contributed by atoms with Gasteiger partial charge in [0, 0.05) is 13.2 Å². The molecule has 0 radical (unpaired) electrons. The summed E-state index contributed by atoms with van der Waals surface area (Å²) in [7, 11) is 1.65. The summed E-state index contributed by atoms with van der Waals surface area (Å²) < 4.78 is 0. The molecule has 76 valence electrons. The quantitative estimate of drug-likeness (QED) is 0.700. The highest BCUT2D eigenvalue weighted by Gasteiger charge is 2.19. The highest BCUT2D eigenvalue weighted by molar-refractivity contribution is 7.80. The first kappa shape index (κ1) is 10.6. The van der Waals surface area contributed by atoms with Gasteiger partial charge >= 0.3 is 0 Å². The van der Waals surface area contributed by atoms with E-state index in [0.717, 1.165) is 0 Å². The zero-order valence-electron chi connectivity index (χ0n) is 8.02. The van der Waals surface area contributed by atoms with E-state index in [9.17, 15) is 4.79 Å². The van der Waals surface area contributed by atoms with E-state index in [1.54, 1.807) is 14.0 Å². The number of nitrogens with one attached hydrogen (secondary N) is 1. The molecule has 0 aromatic carbocycles. The maximum Gasteiger partial charge on any atom is 0.257 e. The summed E-state index contributed by atoms with van der Waals surface area (Å²) >= 11 is 4.80. The Balaban J connectivity index is 2.76. The molecule has 0 aliphatic heterocycles. The third-order valence-corrected chi connectivity index (χ3v) is 2.40. The molecule has 1 unspecified atom stereocenters. The number of carbonyl (C=O) groups is 1. The van der Waals surface area contributed by atoms with E-state index in [0.29, 0.717) is 10.6 Å². The second-order valence-electron chi connectivity index (χ2n) is 2.98. The van der Waals surface area contributed by atoms with E-state index in [1.807, 2.05) is 0 Å². The van der Waals surface area contributed by atoms with Gasteiger partial charge in [-0.25, -0.2) is 0 Å². The van der Waals surface area contributed by atoms with E-state index in [1.165, 1.54) is 17.3 Å². The Hall–Kier alpha value is -1.43. The van der Waals surface area contributed by atoms with Gasteiger partial charge in [0.15, 0.2) is 0 Å². The van der Waals surface area contributed by atoms with Gasteiger partial charge in [-0.3, -0.25) is 9.89 Å². The first-order chi connectivity index (χ1) is 6.54. The number of aromatic amines is 1. The lowest BCUT2D eigenvalue weighted by Crippen LogP contribution is -2.42. The molecule has 0 aliphatic carbocycles. The minimum absolute atomic E-state index is 0.154. The van der Waals surface area contributed by atoms with Crippen molar-refractivity contribution in [1.82, 2.24) is 15.1 Å². The minimum atomic E-state index is -0.257. The number of hydrogen-bond donors (Lipinski definition) is 2. The topological polar surface area (TPSA) is 75.0 Å². The number of H-pyrrole nitrogens is 1. The minimum Gasteiger partial charge on any atom is -0.392 e. The van der Waals surface area contributed by atoms with E-state index in [4.69, 9.17) is 18.0 Å². The molecule has 0 spiro atoms. The van der Waals surface area contributed by atoms with Gasteiger partial charge in [0.2, 0.25) is 0 Å². The number of nitrogens with two attached hydrogens (primary N) is 1. The smallest absolute Gasteiger partial charge is 0.257 e. The molecule has 0 saturated carbocycles. The number of thiocarbonyl (C=S) groups is 1. The van der Waals surface area contributed by atoms with Gasteiger partial charge in [-0.15, -0.1) is 0 Å². The van der Waals surface area contributed by atoms with Crippen LogP contribution in [0, 0.1) is 0 Å². The number of nitrogens with zero attached hydrogens (tertiary/aromatic N) is 2. The maximum atomic E-state index is 11.7. The lowest BCUT2D eigenvalue weighted by Gasteiger charge is -2.23. The third-order valence-electron chi connectivity index (χ3n) is 2.06. The first-order valence-electron chi connectivity index (χ1n) is 4.09. The lowest BCUT2D eigenvalue weighted by molar-refractivity contribution is 0.0779. The van der Waals surface area contributed by atoms with E-state index in [-0.39, 0.29) is 11.9 Å². The Morgan fingerprint density at radius 3 is 2.86 bits per heavy atom. The molecule has 14 heavy (non-hydrogen) atoms. The fourth-order valence-corrected chi connectivity index (χ4v) is 1.10. The number of hydrogen-bond acceptors (Lipinski definition) is 3. The number of aromatic nitrogens is 2. The monoisotopic (exact) mass is 212 g/mol. The van der Waals surface area contributed by atoms with Crippen LogP contribution < -0.4 is 5.73 Å². The van der Waals surface area contributed by atoms with Crippen molar-refractivity contribution in [2.45, 2.75) is 13.0 Å². The Kier molecular flexibility index (Phi) is 3.19. The number of carbonyl (C=O) groups excluding carboxylic acids is 1. The zero-order chi connectivity index (χ0) is 10.7. The summed E-state index contributed by atoms with van der Waals surface area (Å²) in [4.78, 5) is 13.5. The van der Waals surface area contributed by atoms with Gasteiger partial charge in [0.05, 0.1) is 22.8 Å². The zero-order valence-corrected chi connectivity index (χ0v) is 8.84. The number of amides is 1. The summed E-state index contributed by atoms with van der Waals surface area (Å²) in [5.41, 5.74) is 5.94. The first-order valence-corrected chi connectivity index (χ1v) is 4.50. The highest BCUT2D eigenvalue weighted by atomic mass is 32.1. The van der Waals surface area contributed by atoms with Crippen LogP contribution in [-0.2, 0) is 0 Å². The van der Waals surface area contributed by atoms with Gasteiger partial charge in [0.1, 0.15) is 0 Å². The molecule has 0 bridgehead atoms.